The molecule has 14 heavy (non-hydrogen) atoms. The standard InChI is InChI=1S/C8H16N6/c1-7(12-8(10-2)13-9)5-14-4-3-11-6-14/h3-4,6-7H,5,9H2,1-2H3,(H2,10,12,13). The molecule has 1 aromatic rings. The van der Waals surface area contributed by atoms with Crippen LogP contribution in [0.3, 0.4) is 0 Å². The summed E-state index contributed by atoms with van der Waals surface area (Å²) in [4.78, 5) is 7.88. The van der Waals surface area contributed by atoms with E-state index in [1.165, 1.54) is 0 Å². The molecule has 1 aromatic heterocycles. The zero-order valence-corrected chi connectivity index (χ0v) is 8.44. The number of nitrogens with two attached hydrogens (primary N) is 1. The number of guanidine groups is 1. The van der Waals surface area contributed by atoms with E-state index in [0.29, 0.717) is 5.96 Å². The van der Waals surface area contributed by atoms with Gasteiger partial charge in [0.25, 0.3) is 0 Å². The largest absolute Gasteiger partial charge is 0.351 e. The Kier molecular flexibility index (Phi) is 3.93. The van der Waals surface area contributed by atoms with E-state index < -0.39 is 0 Å². The molecule has 4 N–H and O–H groups in total. The van der Waals surface area contributed by atoms with Crippen molar-refractivity contribution >= 4 is 5.96 Å². The minimum atomic E-state index is 0.235. The highest BCUT2D eigenvalue weighted by Gasteiger charge is 2.03. The van der Waals surface area contributed by atoms with Gasteiger partial charge in [0.05, 0.1) is 6.33 Å². The predicted octanol–water partition coefficient (Wildman–Crippen LogP) is -0.690. The van der Waals surface area contributed by atoms with Gasteiger partial charge in [-0.15, -0.1) is 0 Å². The van der Waals surface area contributed by atoms with Crippen LogP contribution in [0.4, 0.5) is 0 Å². The van der Waals surface area contributed by atoms with Crippen LogP contribution in [-0.2, 0) is 6.54 Å². The van der Waals surface area contributed by atoms with Crippen LogP contribution in [0.2, 0.25) is 0 Å². The molecule has 1 heterocycles. The van der Waals surface area contributed by atoms with Crippen molar-refractivity contribution in [2.24, 2.45) is 10.8 Å². The lowest BCUT2D eigenvalue weighted by atomic mass is 10.3. The molecule has 0 fully saturated rings. The Labute approximate surface area is 83.2 Å². The summed E-state index contributed by atoms with van der Waals surface area (Å²) in [5, 5.41) is 3.12. The van der Waals surface area contributed by atoms with Gasteiger partial charge in [0.1, 0.15) is 0 Å². The summed E-state index contributed by atoms with van der Waals surface area (Å²) in [5.41, 5.74) is 2.48. The van der Waals surface area contributed by atoms with Crippen LogP contribution in [0.25, 0.3) is 0 Å². The van der Waals surface area contributed by atoms with E-state index in [9.17, 15) is 0 Å². The monoisotopic (exact) mass is 196 g/mol. The van der Waals surface area contributed by atoms with Crippen LogP contribution in [0.1, 0.15) is 6.92 Å². The van der Waals surface area contributed by atoms with E-state index in [4.69, 9.17) is 5.84 Å². The number of rotatable bonds is 3. The fourth-order valence-electron chi connectivity index (χ4n) is 1.16. The van der Waals surface area contributed by atoms with Crippen molar-refractivity contribution in [3.63, 3.8) is 0 Å². The number of imidazole rings is 1. The second-order valence-corrected chi connectivity index (χ2v) is 3.02. The SMILES string of the molecule is CN=C(NN)NC(C)Cn1ccnc1. The summed E-state index contributed by atoms with van der Waals surface area (Å²) >= 11 is 0. The summed E-state index contributed by atoms with van der Waals surface area (Å²) in [6.07, 6.45) is 5.44. The molecule has 0 radical (unpaired) electrons. The topological polar surface area (TPSA) is 80.3 Å². The van der Waals surface area contributed by atoms with Crippen molar-refractivity contribution in [2.45, 2.75) is 19.5 Å². The summed E-state index contributed by atoms with van der Waals surface area (Å²) in [6.45, 7) is 2.86. The van der Waals surface area contributed by atoms with Gasteiger partial charge in [0, 0.05) is 32.0 Å². The van der Waals surface area contributed by atoms with Gasteiger partial charge in [-0.2, -0.15) is 0 Å². The first-order valence-electron chi connectivity index (χ1n) is 4.42. The number of aromatic nitrogens is 2. The van der Waals surface area contributed by atoms with Gasteiger partial charge in [0.2, 0.25) is 5.96 Å². The lowest BCUT2D eigenvalue weighted by Gasteiger charge is -2.16. The van der Waals surface area contributed by atoms with Crippen molar-refractivity contribution in [3.05, 3.63) is 18.7 Å². The molecule has 0 amide bonds. The van der Waals surface area contributed by atoms with E-state index in [1.54, 1.807) is 19.6 Å². The number of nitrogens with zero attached hydrogens (tertiary/aromatic N) is 3. The highest BCUT2D eigenvalue weighted by atomic mass is 15.3. The quantitative estimate of drug-likeness (QED) is 0.259. The van der Waals surface area contributed by atoms with Crippen LogP contribution in [0.15, 0.2) is 23.7 Å². The van der Waals surface area contributed by atoms with E-state index in [0.717, 1.165) is 6.54 Å². The molecule has 1 atom stereocenters. The molecule has 6 nitrogen and oxygen atoms in total. The van der Waals surface area contributed by atoms with Crippen LogP contribution >= 0.6 is 0 Å². The predicted molar refractivity (Wildman–Crippen MR) is 55.5 cm³/mol. The van der Waals surface area contributed by atoms with E-state index in [1.807, 2.05) is 17.7 Å². The Morgan fingerprint density at radius 2 is 2.50 bits per heavy atom. The first-order chi connectivity index (χ1) is 6.76. The molecule has 78 valence electrons. The maximum Gasteiger partial charge on any atom is 0.205 e. The maximum atomic E-state index is 5.24. The van der Waals surface area contributed by atoms with Crippen molar-refractivity contribution in [3.8, 4) is 0 Å². The Bertz CT molecular complexity index is 278. The Balaban J connectivity index is 2.39. The van der Waals surface area contributed by atoms with Gasteiger partial charge in [-0.25, -0.2) is 10.8 Å². The first kappa shape index (κ1) is 10.5. The number of hydrogen-bond acceptors (Lipinski definition) is 3. The molecule has 0 bridgehead atoms. The second-order valence-electron chi connectivity index (χ2n) is 3.02. The molecule has 1 unspecified atom stereocenters. The van der Waals surface area contributed by atoms with Crippen LogP contribution < -0.4 is 16.6 Å². The van der Waals surface area contributed by atoms with Gasteiger partial charge in [-0.1, -0.05) is 0 Å². The third-order valence-corrected chi connectivity index (χ3v) is 1.79. The number of hydrogen-bond donors (Lipinski definition) is 3. The molecule has 0 saturated carbocycles. The van der Waals surface area contributed by atoms with Gasteiger partial charge < -0.3 is 9.88 Å². The number of aliphatic imine (C=N–C) groups is 1. The van der Waals surface area contributed by atoms with Crippen LogP contribution in [-0.4, -0.2) is 28.6 Å². The molecule has 0 aliphatic heterocycles. The van der Waals surface area contributed by atoms with Crippen molar-refractivity contribution in [1.82, 2.24) is 20.3 Å². The molecule has 0 aliphatic carbocycles. The highest BCUT2D eigenvalue weighted by Crippen LogP contribution is 1.90. The fraction of sp³-hybridized carbons (Fsp3) is 0.500. The first-order valence-corrected chi connectivity index (χ1v) is 4.42. The Hall–Kier alpha value is -1.56. The Morgan fingerprint density at radius 1 is 1.71 bits per heavy atom. The normalized spacial score (nSPS) is 13.8. The molecule has 0 aromatic carbocycles. The molecule has 0 saturated heterocycles. The van der Waals surface area contributed by atoms with Crippen molar-refractivity contribution in [2.75, 3.05) is 7.05 Å². The van der Waals surface area contributed by atoms with Crippen LogP contribution in [0.5, 0.6) is 0 Å². The molecular weight excluding hydrogens is 180 g/mol. The summed E-state index contributed by atoms with van der Waals surface area (Å²) in [5.74, 6) is 5.82. The minimum absolute atomic E-state index is 0.235. The van der Waals surface area contributed by atoms with E-state index >= 15 is 0 Å². The van der Waals surface area contributed by atoms with Gasteiger partial charge >= 0.3 is 0 Å². The average Bonchev–Trinajstić information content (AvgIpc) is 2.66. The van der Waals surface area contributed by atoms with Crippen molar-refractivity contribution < 1.29 is 0 Å². The number of nitrogens with one attached hydrogen (secondary N) is 2. The van der Waals surface area contributed by atoms with E-state index in [-0.39, 0.29) is 6.04 Å². The summed E-state index contributed by atoms with van der Waals surface area (Å²) in [6, 6.07) is 0.235. The van der Waals surface area contributed by atoms with Gasteiger partial charge in [-0.05, 0) is 6.92 Å². The van der Waals surface area contributed by atoms with Crippen molar-refractivity contribution in [1.29, 1.82) is 0 Å². The number of hydrazine groups is 1. The average molecular weight is 196 g/mol. The molecule has 0 aliphatic rings. The Morgan fingerprint density at radius 3 is 3.00 bits per heavy atom. The lowest BCUT2D eigenvalue weighted by molar-refractivity contribution is 0.539. The maximum absolute atomic E-state index is 5.24. The lowest BCUT2D eigenvalue weighted by Crippen LogP contribution is -2.46. The highest BCUT2D eigenvalue weighted by molar-refractivity contribution is 5.79. The van der Waals surface area contributed by atoms with E-state index in [2.05, 4.69) is 20.7 Å². The summed E-state index contributed by atoms with van der Waals surface area (Å²) in [7, 11) is 1.67. The zero-order chi connectivity index (χ0) is 10.4. The summed E-state index contributed by atoms with van der Waals surface area (Å²) < 4.78 is 1.99. The van der Waals surface area contributed by atoms with Crippen LogP contribution in [0, 0.1) is 0 Å². The van der Waals surface area contributed by atoms with Gasteiger partial charge in [0.15, 0.2) is 0 Å². The molecule has 1 rings (SSSR count). The minimum Gasteiger partial charge on any atom is -0.351 e. The third kappa shape index (κ3) is 3.06. The third-order valence-electron chi connectivity index (χ3n) is 1.79. The smallest absolute Gasteiger partial charge is 0.205 e. The molecule has 0 spiro atoms. The second kappa shape index (κ2) is 5.23. The molecule has 6 heteroatoms. The fourth-order valence-corrected chi connectivity index (χ4v) is 1.16. The zero-order valence-electron chi connectivity index (χ0n) is 8.44. The molecular formula is C8H16N6. The van der Waals surface area contributed by atoms with Gasteiger partial charge in [-0.3, -0.25) is 10.4 Å².